The summed E-state index contributed by atoms with van der Waals surface area (Å²) in [4.78, 5) is 0. The highest BCUT2D eigenvalue weighted by Crippen LogP contribution is 2.28. The second kappa shape index (κ2) is 6.51. The standard InChI is InChI=1S/C18H16F3N3O/c1-12-5-7-14(8-6-12)24-16(10-17(22)23-24)13-3-2-4-15(9-13)25-11-18(19,20)21/h2-10H,11H2,1H3,(H2,22,23). The van der Waals surface area contributed by atoms with Crippen LogP contribution in [0.15, 0.2) is 54.6 Å². The molecular formula is C18H16F3N3O. The number of aryl methyl sites for hydroxylation is 1. The highest BCUT2D eigenvalue weighted by atomic mass is 19.4. The van der Waals surface area contributed by atoms with E-state index in [-0.39, 0.29) is 5.75 Å². The van der Waals surface area contributed by atoms with Gasteiger partial charge >= 0.3 is 6.18 Å². The molecule has 130 valence electrons. The molecule has 0 aliphatic carbocycles. The molecule has 0 amide bonds. The minimum atomic E-state index is -4.38. The number of nitrogens with two attached hydrogens (primary N) is 1. The van der Waals surface area contributed by atoms with Gasteiger partial charge in [-0.1, -0.05) is 29.8 Å². The lowest BCUT2D eigenvalue weighted by atomic mass is 10.1. The number of benzene rings is 2. The molecule has 0 saturated carbocycles. The van der Waals surface area contributed by atoms with E-state index in [1.165, 1.54) is 12.1 Å². The Kier molecular flexibility index (Phi) is 4.39. The molecule has 0 fully saturated rings. The van der Waals surface area contributed by atoms with Gasteiger partial charge in [0.25, 0.3) is 0 Å². The lowest BCUT2D eigenvalue weighted by Crippen LogP contribution is -2.19. The van der Waals surface area contributed by atoms with Crippen LogP contribution >= 0.6 is 0 Å². The van der Waals surface area contributed by atoms with Gasteiger partial charge in [-0.3, -0.25) is 0 Å². The summed E-state index contributed by atoms with van der Waals surface area (Å²) in [6, 6.07) is 15.8. The third-order valence-electron chi connectivity index (χ3n) is 3.54. The van der Waals surface area contributed by atoms with Crippen molar-refractivity contribution in [1.82, 2.24) is 9.78 Å². The van der Waals surface area contributed by atoms with Crippen LogP contribution in [0.3, 0.4) is 0 Å². The number of nitrogen functional groups attached to an aromatic ring is 1. The molecule has 3 aromatic rings. The van der Waals surface area contributed by atoms with Gasteiger partial charge in [-0.25, -0.2) is 4.68 Å². The minimum Gasteiger partial charge on any atom is -0.484 e. The number of hydrogen-bond donors (Lipinski definition) is 1. The quantitative estimate of drug-likeness (QED) is 0.762. The Bertz CT molecular complexity index is 870. The molecule has 0 saturated heterocycles. The van der Waals surface area contributed by atoms with Crippen molar-refractivity contribution in [2.45, 2.75) is 13.1 Å². The number of halogens is 3. The van der Waals surface area contributed by atoms with E-state index in [0.29, 0.717) is 17.1 Å². The molecule has 0 aliphatic rings. The molecule has 0 radical (unpaired) electrons. The van der Waals surface area contributed by atoms with Crippen molar-refractivity contribution in [2.24, 2.45) is 0 Å². The molecule has 0 unspecified atom stereocenters. The van der Waals surface area contributed by atoms with Gasteiger partial charge in [-0.2, -0.15) is 18.3 Å². The van der Waals surface area contributed by atoms with Gasteiger partial charge in [-0.05, 0) is 31.2 Å². The fourth-order valence-corrected chi connectivity index (χ4v) is 2.40. The number of anilines is 1. The Morgan fingerprint density at radius 3 is 2.48 bits per heavy atom. The zero-order valence-corrected chi connectivity index (χ0v) is 13.4. The lowest BCUT2D eigenvalue weighted by Gasteiger charge is -2.11. The van der Waals surface area contributed by atoms with Crippen LogP contribution < -0.4 is 10.5 Å². The van der Waals surface area contributed by atoms with Crippen molar-refractivity contribution in [2.75, 3.05) is 12.3 Å². The molecule has 0 aliphatic heterocycles. The smallest absolute Gasteiger partial charge is 0.422 e. The Labute approximate surface area is 142 Å². The molecule has 0 atom stereocenters. The van der Waals surface area contributed by atoms with Crippen LogP contribution in [0, 0.1) is 6.92 Å². The predicted molar refractivity (Wildman–Crippen MR) is 89.7 cm³/mol. The maximum absolute atomic E-state index is 12.3. The number of aromatic nitrogens is 2. The molecule has 4 nitrogen and oxygen atoms in total. The molecule has 2 N–H and O–H groups in total. The first-order valence-electron chi connectivity index (χ1n) is 7.54. The first-order valence-corrected chi connectivity index (χ1v) is 7.54. The van der Waals surface area contributed by atoms with Gasteiger partial charge in [0.05, 0.1) is 11.4 Å². The molecule has 25 heavy (non-hydrogen) atoms. The zero-order chi connectivity index (χ0) is 18.0. The van der Waals surface area contributed by atoms with Crippen LogP contribution in [0.4, 0.5) is 19.0 Å². The normalized spacial score (nSPS) is 11.5. The number of ether oxygens (including phenoxy) is 1. The third kappa shape index (κ3) is 4.12. The van der Waals surface area contributed by atoms with Gasteiger partial charge in [0.2, 0.25) is 0 Å². The van der Waals surface area contributed by atoms with Crippen LogP contribution in [0.1, 0.15) is 5.56 Å². The molecule has 0 bridgehead atoms. The molecule has 7 heteroatoms. The zero-order valence-electron chi connectivity index (χ0n) is 13.4. The summed E-state index contributed by atoms with van der Waals surface area (Å²) < 4.78 is 43.5. The van der Waals surface area contributed by atoms with Gasteiger partial charge in [0.15, 0.2) is 6.61 Å². The first kappa shape index (κ1) is 16.9. The van der Waals surface area contributed by atoms with Crippen molar-refractivity contribution in [3.05, 3.63) is 60.2 Å². The summed E-state index contributed by atoms with van der Waals surface area (Å²) in [7, 11) is 0. The van der Waals surface area contributed by atoms with Crippen molar-refractivity contribution >= 4 is 5.82 Å². The highest BCUT2D eigenvalue weighted by molar-refractivity contribution is 5.66. The van der Waals surface area contributed by atoms with E-state index in [1.807, 2.05) is 31.2 Å². The summed E-state index contributed by atoms with van der Waals surface area (Å²) >= 11 is 0. The summed E-state index contributed by atoms with van der Waals surface area (Å²) in [6.07, 6.45) is -4.38. The van der Waals surface area contributed by atoms with E-state index in [9.17, 15) is 13.2 Å². The molecular weight excluding hydrogens is 331 g/mol. The number of nitrogens with zero attached hydrogens (tertiary/aromatic N) is 2. The third-order valence-corrected chi connectivity index (χ3v) is 3.54. The van der Waals surface area contributed by atoms with Crippen LogP contribution in [-0.2, 0) is 0 Å². The second-order valence-corrected chi connectivity index (χ2v) is 5.63. The van der Waals surface area contributed by atoms with E-state index in [0.717, 1.165) is 11.3 Å². The molecule has 1 heterocycles. The van der Waals surface area contributed by atoms with Crippen LogP contribution in [0.2, 0.25) is 0 Å². The number of alkyl halides is 3. The van der Waals surface area contributed by atoms with E-state index in [2.05, 4.69) is 5.10 Å². The summed E-state index contributed by atoms with van der Waals surface area (Å²) in [6.45, 7) is 0.638. The Morgan fingerprint density at radius 1 is 1.08 bits per heavy atom. The SMILES string of the molecule is Cc1ccc(-n2nc(N)cc2-c2cccc(OCC(F)(F)F)c2)cc1. The van der Waals surface area contributed by atoms with E-state index < -0.39 is 12.8 Å². The van der Waals surface area contributed by atoms with Crippen LogP contribution in [0.25, 0.3) is 16.9 Å². The van der Waals surface area contributed by atoms with Gasteiger partial charge in [0.1, 0.15) is 11.6 Å². The Morgan fingerprint density at radius 2 is 1.80 bits per heavy atom. The van der Waals surface area contributed by atoms with E-state index in [4.69, 9.17) is 10.5 Å². The fourth-order valence-electron chi connectivity index (χ4n) is 2.40. The largest absolute Gasteiger partial charge is 0.484 e. The average Bonchev–Trinajstić information content (AvgIpc) is 2.95. The van der Waals surface area contributed by atoms with Crippen LogP contribution in [0.5, 0.6) is 5.75 Å². The average molecular weight is 347 g/mol. The summed E-state index contributed by atoms with van der Waals surface area (Å²) in [5, 5.41) is 4.28. The predicted octanol–water partition coefficient (Wildman–Crippen LogP) is 4.37. The number of rotatable bonds is 4. The highest BCUT2D eigenvalue weighted by Gasteiger charge is 2.28. The van der Waals surface area contributed by atoms with Gasteiger partial charge in [0, 0.05) is 11.6 Å². The van der Waals surface area contributed by atoms with Crippen molar-refractivity contribution in [1.29, 1.82) is 0 Å². The van der Waals surface area contributed by atoms with Crippen molar-refractivity contribution in [3.63, 3.8) is 0 Å². The second-order valence-electron chi connectivity index (χ2n) is 5.63. The fraction of sp³-hybridized carbons (Fsp3) is 0.167. The molecule has 0 spiro atoms. The van der Waals surface area contributed by atoms with Gasteiger partial charge < -0.3 is 10.5 Å². The molecule has 2 aromatic carbocycles. The Hall–Kier alpha value is -2.96. The minimum absolute atomic E-state index is 0.130. The Balaban J connectivity index is 1.96. The summed E-state index contributed by atoms with van der Waals surface area (Å²) in [5.74, 6) is 0.447. The van der Waals surface area contributed by atoms with E-state index in [1.54, 1.807) is 22.9 Å². The monoisotopic (exact) mass is 347 g/mol. The van der Waals surface area contributed by atoms with E-state index >= 15 is 0 Å². The first-order chi connectivity index (χ1) is 11.8. The van der Waals surface area contributed by atoms with Crippen molar-refractivity contribution < 1.29 is 17.9 Å². The molecule has 1 aromatic heterocycles. The lowest BCUT2D eigenvalue weighted by molar-refractivity contribution is -0.153. The summed E-state index contributed by atoms with van der Waals surface area (Å²) in [5.41, 5.74) is 9.06. The maximum Gasteiger partial charge on any atom is 0.422 e. The van der Waals surface area contributed by atoms with Gasteiger partial charge in [-0.15, -0.1) is 0 Å². The maximum atomic E-state index is 12.3. The number of hydrogen-bond acceptors (Lipinski definition) is 3. The van der Waals surface area contributed by atoms with Crippen LogP contribution in [-0.4, -0.2) is 22.6 Å². The van der Waals surface area contributed by atoms with Crippen molar-refractivity contribution in [3.8, 4) is 22.7 Å². The molecule has 3 rings (SSSR count). The topological polar surface area (TPSA) is 53.1 Å².